The Morgan fingerprint density at radius 3 is 2.28 bits per heavy atom. The van der Waals surface area contributed by atoms with E-state index in [9.17, 15) is 18.0 Å². The van der Waals surface area contributed by atoms with Crippen molar-refractivity contribution < 1.29 is 27.3 Å². The van der Waals surface area contributed by atoms with Gasteiger partial charge in [-0.05, 0) is 49.4 Å². The molecule has 1 amide bonds. The predicted octanol–water partition coefficient (Wildman–Crippen LogP) is 3.74. The second-order valence-electron chi connectivity index (χ2n) is 8.06. The first-order valence-corrected chi connectivity index (χ1v) is 13.8. The van der Waals surface area contributed by atoms with E-state index in [0.29, 0.717) is 11.4 Å². The van der Waals surface area contributed by atoms with Gasteiger partial charge < -0.3 is 10.1 Å². The molecule has 0 spiro atoms. The van der Waals surface area contributed by atoms with E-state index in [4.69, 9.17) is 9.29 Å². The molecule has 2 unspecified atom stereocenters. The highest BCUT2D eigenvalue weighted by molar-refractivity contribution is 7.87. The smallest absolute Gasteiger partial charge is 0.357 e. The number of carbonyl (C=O) groups is 2. The van der Waals surface area contributed by atoms with Gasteiger partial charge in [-0.2, -0.15) is 8.42 Å². The Morgan fingerprint density at radius 2 is 1.69 bits per heavy atom. The van der Waals surface area contributed by atoms with Crippen LogP contribution in [0.25, 0.3) is 0 Å². The molecule has 3 rings (SSSR count). The van der Waals surface area contributed by atoms with Gasteiger partial charge >= 0.3 is 16.3 Å². The second kappa shape index (κ2) is 12.6. The molecule has 0 aliphatic heterocycles. The lowest BCUT2D eigenvalue weighted by molar-refractivity contribution is -0.152. The number of aromatic nitrogens is 1. The maximum atomic E-state index is 13.4. The first kappa shape index (κ1) is 27.3. The largest absolute Gasteiger partial charge is 0.465 e. The van der Waals surface area contributed by atoms with E-state index in [1.165, 1.54) is 23.5 Å². The fraction of sp³-hybridized carbons (Fsp3) is 0.320. The minimum atomic E-state index is -4.38. The van der Waals surface area contributed by atoms with Crippen LogP contribution in [-0.4, -0.2) is 36.4 Å². The van der Waals surface area contributed by atoms with Crippen LogP contribution < -0.4 is 10.0 Å². The molecular weight excluding hydrogens is 502 g/mol. The van der Waals surface area contributed by atoms with Crippen molar-refractivity contribution in [3.8, 4) is 0 Å². The Kier molecular flexibility index (Phi) is 9.57. The van der Waals surface area contributed by atoms with Crippen molar-refractivity contribution in [1.82, 2.24) is 10.3 Å². The number of hydrogen-bond donors (Lipinski definition) is 3. The highest BCUT2D eigenvalue weighted by Gasteiger charge is 2.31. The first-order valence-electron chi connectivity index (χ1n) is 11.5. The van der Waals surface area contributed by atoms with Gasteiger partial charge in [0, 0.05) is 5.38 Å². The van der Waals surface area contributed by atoms with Crippen LogP contribution in [0.3, 0.4) is 0 Å². The molecule has 3 N–H and O–H groups in total. The third-order valence-electron chi connectivity index (χ3n) is 5.36. The number of rotatable bonds is 12. The molecule has 0 fully saturated rings. The summed E-state index contributed by atoms with van der Waals surface area (Å²) >= 11 is 1.42. The lowest BCUT2D eigenvalue weighted by Gasteiger charge is -2.21. The summed E-state index contributed by atoms with van der Waals surface area (Å²) in [5.41, 5.74) is 2.74. The van der Waals surface area contributed by atoms with Crippen LogP contribution in [0.1, 0.15) is 41.7 Å². The molecule has 0 radical (unpaired) electrons. The van der Waals surface area contributed by atoms with Gasteiger partial charge in [-0.15, -0.1) is 11.3 Å². The Balaban J connectivity index is 1.84. The lowest BCUT2D eigenvalue weighted by Crippen LogP contribution is -2.40. The highest BCUT2D eigenvalue weighted by atomic mass is 32.2. The molecule has 0 aliphatic rings. The van der Waals surface area contributed by atoms with E-state index in [-0.39, 0.29) is 18.7 Å². The molecule has 11 heteroatoms. The molecule has 9 nitrogen and oxygen atoms in total. The summed E-state index contributed by atoms with van der Waals surface area (Å²) in [5, 5.41) is 5.62. The van der Waals surface area contributed by atoms with Crippen molar-refractivity contribution in [2.45, 2.75) is 39.2 Å². The number of nitrogens with one attached hydrogen (secondary N) is 2. The minimum Gasteiger partial charge on any atom is -0.465 e. The summed E-state index contributed by atoms with van der Waals surface area (Å²) in [7, 11) is -4.38. The molecule has 0 saturated carbocycles. The molecular formula is C25H29N3O6S2. The summed E-state index contributed by atoms with van der Waals surface area (Å²) in [6, 6.07) is 15.2. The highest BCUT2D eigenvalue weighted by Crippen LogP contribution is 2.25. The Hall–Kier alpha value is -3.28. The topological polar surface area (TPSA) is 135 Å². The van der Waals surface area contributed by atoms with Crippen molar-refractivity contribution >= 4 is 39.2 Å². The number of ether oxygens (including phenoxy) is 1. The molecule has 2 aromatic carbocycles. The van der Waals surface area contributed by atoms with Gasteiger partial charge in [0.25, 0.3) is 0 Å². The summed E-state index contributed by atoms with van der Waals surface area (Å²) in [4.78, 5) is 30.7. The molecule has 0 bridgehead atoms. The van der Waals surface area contributed by atoms with Crippen LogP contribution in [0.4, 0.5) is 5.69 Å². The van der Waals surface area contributed by atoms with Gasteiger partial charge in [0.2, 0.25) is 5.91 Å². The van der Waals surface area contributed by atoms with Gasteiger partial charge in [-0.3, -0.25) is 18.9 Å². The standard InChI is InChI=1S/C25H29N3O6S2/c1-3-19-16-35-24(26-19)22(15-18-10-12-20(13-11-18)28-36(31,32)33)27-23(29)21(25(30)34-4-2)14-17-8-6-5-7-9-17/h5-13,16,21-22,28H,3-4,14-15H2,1-2H3,(H,27,29)(H,31,32,33). The predicted molar refractivity (Wildman–Crippen MR) is 138 cm³/mol. The van der Waals surface area contributed by atoms with Gasteiger partial charge in [0.05, 0.1) is 24.0 Å². The Bertz CT molecular complexity index is 1260. The van der Waals surface area contributed by atoms with Crippen molar-refractivity contribution in [2.75, 3.05) is 11.3 Å². The number of esters is 1. The van der Waals surface area contributed by atoms with E-state index < -0.39 is 34.1 Å². The summed E-state index contributed by atoms with van der Waals surface area (Å²) in [6.07, 6.45) is 1.30. The molecule has 1 heterocycles. The summed E-state index contributed by atoms with van der Waals surface area (Å²) < 4.78 is 38.3. The summed E-state index contributed by atoms with van der Waals surface area (Å²) in [6.45, 7) is 3.85. The Morgan fingerprint density at radius 1 is 1.03 bits per heavy atom. The summed E-state index contributed by atoms with van der Waals surface area (Å²) in [5.74, 6) is -2.08. The van der Waals surface area contributed by atoms with Crippen LogP contribution in [0.2, 0.25) is 0 Å². The number of carbonyl (C=O) groups excluding carboxylic acids is 2. The average molecular weight is 532 g/mol. The third kappa shape index (κ3) is 8.14. The van der Waals surface area contributed by atoms with Crippen LogP contribution in [0, 0.1) is 5.92 Å². The van der Waals surface area contributed by atoms with E-state index >= 15 is 0 Å². The fourth-order valence-corrected chi connectivity index (χ4v) is 4.97. The first-order chi connectivity index (χ1) is 17.2. The van der Waals surface area contributed by atoms with E-state index in [1.54, 1.807) is 19.1 Å². The molecule has 192 valence electrons. The molecule has 36 heavy (non-hydrogen) atoms. The van der Waals surface area contributed by atoms with Crippen molar-refractivity contribution in [1.29, 1.82) is 0 Å². The molecule has 1 aromatic heterocycles. The number of amides is 1. The quantitative estimate of drug-likeness (QED) is 0.184. The van der Waals surface area contributed by atoms with Crippen LogP contribution in [-0.2, 0) is 43.9 Å². The average Bonchev–Trinajstić information content (AvgIpc) is 3.32. The number of nitrogens with zero attached hydrogens (tertiary/aromatic N) is 1. The molecule has 2 atom stereocenters. The normalized spacial score (nSPS) is 13.0. The number of aryl methyl sites for hydroxylation is 1. The van der Waals surface area contributed by atoms with Gasteiger partial charge in [-0.25, -0.2) is 4.98 Å². The second-order valence-corrected chi connectivity index (χ2v) is 10.1. The van der Waals surface area contributed by atoms with Crippen molar-refractivity contribution in [2.24, 2.45) is 5.92 Å². The fourth-order valence-electron chi connectivity index (χ4n) is 3.59. The van der Waals surface area contributed by atoms with Crippen LogP contribution in [0.15, 0.2) is 60.0 Å². The van der Waals surface area contributed by atoms with E-state index in [1.807, 2.05) is 47.4 Å². The van der Waals surface area contributed by atoms with Crippen molar-refractivity contribution in [3.63, 3.8) is 0 Å². The third-order valence-corrected chi connectivity index (χ3v) is 6.86. The van der Waals surface area contributed by atoms with E-state index in [0.717, 1.165) is 23.2 Å². The van der Waals surface area contributed by atoms with Crippen LogP contribution in [0.5, 0.6) is 0 Å². The maximum Gasteiger partial charge on any atom is 0.357 e. The van der Waals surface area contributed by atoms with Gasteiger partial charge in [0.1, 0.15) is 10.9 Å². The number of anilines is 1. The maximum absolute atomic E-state index is 13.4. The monoisotopic (exact) mass is 531 g/mol. The van der Waals surface area contributed by atoms with Gasteiger partial charge in [0.15, 0.2) is 0 Å². The zero-order valence-electron chi connectivity index (χ0n) is 20.0. The van der Waals surface area contributed by atoms with Crippen LogP contribution >= 0.6 is 11.3 Å². The zero-order chi connectivity index (χ0) is 26.1. The Labute approximate surface area is 214 Å². The van der Waals surface area contributed by atoms with Crippen molar-refractivity contribution in [3.05, 3.63) is 81.8 Å². The molecule has 0 saturated heterocycles. The number of benzene rings is 2. The zero-order valence-corrected chi connectivity index (χ0v) is 21.6. The minimum absolute atomic E-state index is 0.164. The molecule has 3 aromatic rings. The number of thiazole rings is 1. The number of hydrogen-bond acceptors (Lipinski definition) is 7. The van der Waals surface area contributed by atoms with Gasteiger partial charge in [-0.1, -0.05) is 49.4 Å². The van der Waals surface area contributed by atoms with E-state index in [2.05, 4.69) is 10.3 Å². The lowest BCUT2D eigenvalue weighted by atomic mass is 9.97. The SMILES string of the molecule is CCOC(=O)C(Cc1ccccc1)C(=O)NC(Cc1ccc(NS(=O)(=O)O)cc1)c1nc(CC)cs1. The molecule has 0 aliphatic carbocycles.